The number of carboxylic acid groups (broad SMARTS) is 1. The normalized spacial score (nSPS) is 19.2. The average Bonchev–Trinajstić information content (AvgIpc) is 3.12. The highest BCUT2D eigenvalue weighted by molar-refractivity contribution is 6.44. The maximum atomic E-state index is 14.7. The van der Waals surface area contributed by atoms with Crippen LogP contribution in [-0.4, -0.2) is 39.3 Å². The fraction of sp³-hybridized carbons (Fsp3) is 0.250. The smallest absolute Gasteiger partial charge is 0.323 e. The van der Waals surface area contributed by atoms with Crippen LogP contribution >= 0.6 is 23.2 Å². The van der Waals surface area contributed by atoms with E-state index >= 15 is 0 Å². The molecule has 1 aromatic heterocycles. The molecular weight excluding hydrogens is 453 g/mol. The molecule has 3 rings (SSSR count). The van der Waals surface area contributed by atoms with Crippen LogP contribution in [0.15, 0.2) is 57.9 Å². The zero-order valence-electron chi connectivity index (χ0n) is 16.1. The van der Waals surface area contributed by atoms with Gasteiger partial charge in [0, 0.05) is 17.8 Å². The Balaban J connectivity index is 2.16. The number of halogens is 4. The van der Waals surface area contributed by atoms with Gasteiger partial charge in [-0.15, -0.1) is 0 Å². The van der Waals surface area contributed by atoms with Gasteiger partial charge < -0.3 is 15.7 Å². The summed E-state index contributed by atoms with van der Waals surface area (Å²) in [6.45, 7) is 6.94. The molecule has 164 valence electrons. The molecule has 1 saturated heterocycles. The van der Waals surface area contributed by atoms with Gasteiger partial charge in [0.25, 0.3) is 5.56 Å². The second-order valence-electron chi connectivity index (χ2n) is 7.06. The lowest BCUT2D eigenvalue weighted by Crippen LogP contribution is -2.43. The number of aliphatic carboxylic acids is 1. The summed E-state index contributed by atoms with van der Waals surface area (Å²) in [5.74, 6) is -2.89. The van der Waals surface area contributed by atoms with Gasteiger partial charge in [-0.05, 0) is 25.1 Å². The quantitative estimate of drug-likeness (QED) is 0.536. The number of carbonyl (C=O) groups is 1. The van der Waals surface area contributed by atoms with E-state index in [1.807, 2.05) is 0 Å². The molecule has 31 heavy (non-hydrogen) atoms. The molecule has 2 aromatic rings. The lowest BCUT2D eigenvalue weighted by molar-refractivity contribution is -0.137. The number of rotatable bonds is 7. The van der Waals surface area contributed by atoms with Gasteiger partial charge in [-0.1, -0.05) is 36.4 Å². The third-order valence-electron chi connectivity index (χ3n) is 4.93. The first-order valence-corrected chi connectivity index (χ1v) is 9.80. The summed E-state index contributed by atoms with van der Waals surface area (Å²) in [5, 5.41) is 14.7. The summed E-state index contributed by atoms with van der Waals surface area (Å²) in [6.07, 6.45) is 1.32. The van der Waals surface area contributed by atoms with Crippen molar-refractivity contribution in [1.29, 1.82) is 0 Å². The molecule has 2 heterocycles. The van der Waals surface area contributed by atoms with Crippen LogP contribution in [0, 0.1) is 5.82 Å². The van der Waals surface area contributed by atoms with Crippen LogP contribution in [-0.2, 0) is 11.3 Å². The Morgan fingerprint density at radius 1 is 1.39 bits per heavy atom. The van der Waals surface area contributed by atoms with E-state index in [0.29, 0.717) is 13.0 Å². The predicted molar refractivity (Wildman–Crippen MR) is 116 cm³/mol. The summed E-state index contributed by atoms with van der Waals surface area (Å²) in [6, 6.07) is 2.44. The van der Waals surface area contributed by atoms with Crippen molar-refractivity contribution in [3.8, 4) is 0 Å². The van der Waals surface area contributed by atoms with E-state index in [2.05, 4.69) is 28.8 Å². The van der Waals surface area contributed by atoms with Gasteiger partial charge in [0.2, 0.25) is 0 Å². The molecular formula is C20H18Cl2F2N4O3. The predicted octanol–water partition coefficient (Wildman–Crippen LogP) is 3.49. The van der Waals surface area contributed by atoms with E-state index in [4.69, 9.17) is 28.3 Å². The highest BCUT2D eigenvalue weighted by Crippen LogP contribution is 2.39. The van der Waals surface area contributed by atoms with Crippen molar-refractivity contribution < 1.29 is 18.7 Å². The first-order valence-electron chi connectivity index (χ1n) is 9.05. The van der Waals surface area contributed by atoms with Crippen LogP contribution in [0.2, 0.25) is 0 Å². The summed E-state index contributed by atoms with van der Waals surface area (Å²) in [5.41, 5.74) is -1.98. The van der Waals surface area contributed by atoms with Gasteiger partial charge in [-0.2, -0.15) is 0 Å². The number of fused-ring (bicyclic) bond motifs is 1. The third-order valence-corrected chi connectivity index (χ3v) is 5.64. The lowest BCUT2D eigenvalue weighted by Gasteiger charge is -2.34. The fourth-order valence-corrected chi connectivity index (χ4v) is 4.01. The van der Waals surface area contributed by atoms with Crippen LogP contribution < -0.4 is 16.2 Å². The minimum atomic E-state index is -1.25. The van der Waals surface area contributed by atoms with E-state index in [1.54, 1.807) is 0 Å². The minimum absolute atomic E-state index is 0.0332. The zero-order valence-corrected chi connectivity index (χ0v) is 17.7. The summed E-state index contributed by atoms with van der Waals surface area (Å²) >= 11 is 12.1. The number of anilines is 1. The first-order chi connectivity index (χ1) is 14.6. The Hall–Kier alpha value is -2.75. The molecule has 1 unspecified atom stereocenters. The van der Waals surface area contributed by atoms with Gasteiger partial charge in [-0.3, -0.25) is 14.2 Å². The molecule has 0 bridgehead atoms. The molecule has 0 spiro atoms. The monoisotopic (exact) mass is 470 g/mol. The van der Waals surface area contributed by atoms with E-state index in [1.165, 1.54) is 6.07 Å². The number of carboxylic acids is 1. The molecule has 0 amide bonds. The zero-order chi connectivity index (χ0) is 22.9. The Kier molecular flexibility index (Phi) is 6.49. The largest absolute Gasteiger partial charge is 0.480 e. The summed E-state index contributed by atoms with van der Waals surface area (Å²) < 4.78 is 30.0. The maximum absolute atomic E-state index is 14.7. The fourth-order valence-electron chi connectivity index (χ4n) is 3.63. The molecule has 1 aromatic carbocycles. The summed E-state index contributed by atoms with van der Waals surface area (Å²) in [7, 11) is 0. The van der Waals surface area contributed by atoms with Crippen molar-refractivity contribution >= 4 is 45.8 Å². The molecule has 0 aliphatic carbocycles. The first kappa shape index (κ1) is 22.9. The average molecular weight is 471 g/mol. The standard InChI is InChI=1S/C20H18Cl2F2N4O3/c1-10(21)17(22)16(11(2)23)20(3-4-25-8-20)27-12-5-13-18(14(24)6-12)26-9-28(19(13)31)7-15(29)30/h5-6,9,25,27H,1-4,7-8H2,(H,29,30)/b17-16-. The van der Waals surface area contributed by atoms with Gasteiger partial charge in [0.15, 0.2) is 5.82 Å². The number of hydrogen-bond acceptors (Lipinski definition) is 5. The number of nitrogens with zero attached hydrogens (tertiary/aromatic N) is 2. The van der Waals surface area contributed by atoms with E-state index in [0.717, 1.165) is 17.0 Å². The number of allylic oxidation sites excluding steroid dienone is 2. The topological polar surface area (TPSA) is 96.2 Å². The second kappa shape index (κ2) is 8.78. The molecule has 11 heteroatoms. The van der Waals surface area contributed by atoms with Gasteiger partial charge >= 0.3 is 5.97 Å². The Labute approximate surface area is 185 Å². The highest BCUT2D eigenvalue weighted by atomic mass is 35.5. The Morgan fingerprint density at radius 2 is 2.10 bits per heavy atom. The molecule has 0 saturated carbocycles. The highest BCUT2D eigenvalue weighted by Gasteiger charge is 2.41. The molecule has 1 atom stereocenters. The molecule has 0 radical (unpaired) electrons. The molecule has 1 aliphatic heterocycles. The van der Waals surface area contributed by atoms with Crippen LogP contribution in [0.1, 0.15) is 6.42 Å². The Morgan fingerprint density at radius 3 is 2.65 bits per heavy atom. The van der Waals surface area contributed by atoms with Crippen LogP contribution in [0.25, 0.3) is 10.9 Å². The number of aromatic nitrogens is 2. The number of nitrogens with one attached hydrogen (secondary N) is 2. The van der Waals surface area contributed by atoms with Crippen molar-refractivity contribution in [3.63, 3.8) is 0 Å². The number of hydrogen-bond donors (Lipinski definition) is 3. The van der Waals surface area contributed by atoms with Crippen molar-refractivity contribution in [2.24, 2.45) is 0 Å². The minimum Gasteiger partial charge on any atom is -0.480 e. The van der Waals surface area contributed by atoms with Gasteiger partial charge in [-0.25, -0.2) is 13.8 Å². The van der Waals surface area contributed by atoms with Crippen LogP contribution in [0.5, 0.6) is 0 Å². The van der Waals surface area contributed by atoms with Crippen LogP contribution in [0.4, 0.5) is 14.5 Å². The second-order valence-corrected chi connectivity index (χ2v) is 7.89. The lowest BCUT2D eigenvalue weighted by atomic mass is 9.86. The SMILES string of the molecule is C=C(Cl)/C(Cl)=C(\C(=C)F)C1(Nc2cc(F)c3ncn(CC(=O)O)c(=O)c3c2)CCNC1. The van der Waals surface area contributed by atoms with Gasteiger partial charge in [0.1, 0.15) is 17.9 Å². The van der Waals surface area contributed by atoms with E-state index in [9.17, 15) is 18.4 Å². The van der Waals surface area contributed by atoms with Crippen molar-refractivity contribution in [1.82, 2.24) is 14.9 Å². The van der Waals surface area contributed by atoms with Crippen molar-refractivity contribution in [3.05, 3.63) is 69.3 Å². The third kappa shape index (κ3) is 4.48. The Bertz CT molecular complexity index is 1190. The van der Waals surface area contributed by atoms with Crippen LogP contribution in [0.3, 0.4) is 0 Å². The van der Waals surface area contributed by atoms with E-state index < -0.39 is 35.3 Å². The number of benzene rings is 1. The van der Waals surface area contributed by atoms with Gasteiger partial charge in [0.05, 0.1) is 27.3 Å². The van der Waals surface area contributed by atoms with Crippen molar-refractivity contribution in [2.75, 3.05) is 18.4 Å². The molecule has 1 aliphatic rings. The molecule has 7 nitrogen and oxygen atoms in total. The molecule has 1 fully saturated rings. The van der Waals surface area contributed by atoms with Crippen molar-refractivity contribution in [2.45, 2.75) is 18.5 Å². The summed E-state index contributed by atoms with van der Waals surface area (Å²) in [4.78, 5) is 27.5. The maximum Gasteiger partial charge on any atom is 0.323 e. The van der Waals surface area contributed by atoms with E-state index in [-0.39, 0.29) is 38.8 Å². The molecule has 3 N–H and O–H groups in total.